The molecule has 2 heterocycles. The molecular formula is C20H23N5O4. The summed E-state index contributed by atoms with van der Waals surface area (Å²) in [5.41, 5.74) is 1.39. The number of carbonyl (C=O) groups excluding carboxylic acids is 1. The molecule has 1 amide bonds. The second kappa shape index (κ2) is 8.31. The standard InChI is InChI=1S/C20H23N5O4/c1-13-14(2)24(15-6-4-3-5-7-15)20(17(13)10-21)22-18(26)12-23-11-16(25(28)29)8-9-19(23)27/h8-9,11,15H,3-7,12H2,1-2H3,(H,22,26). The van der Waals surface area contributed by atoms with Crippen molar-refractivity contribution in [3.8, 4) is 6.07 Å². The number of amides is 1. The molecule has 2 aromatic heterocycles. The molecule has 3 rings (SSSR count). The van der Waals surface area contributed by atoms with Gasteiger partial charge in [-0.05, 0) is 32.3 Å². The van der Waals surface area contributed by atoms with Crippen molar-refractivity contribution in [3.63, 3.8) is 0 Å². The van der Waals surface area contributed by atoms with Crippen LogP contribution in [-0.2, 0) is 11.3 Å². The Bertz CT molecular complexity index is 1050. The predicted octanol–water partition coefficient (Wildman–Crippen LogP) is 3.19. The molecule has 29 heavy (non-hydrogen) atoms. The predicted molar refractivity (Wildman–Crippen MR) is 107 cm³/mol. The summed E-state index contributed by atoms with van der Waals surface area (Å²) < 4.78 is 3.02. The van der Waals surface area contributed by atoms with Gasteiger partial charge in [-0.1, -0.05) is 19.3 Å². The van der Waals surface area contributed by atoms with Gasteiger partial charge in [-0.2, -0.15) is 5.26 Å². The third-order valence-corrected chi connectivity index (χ3v) is 5.56. The third kappa shape index (κ3) is 4.06. The van der Waals surface area contributed by atoms with Crippen molar-refractivity contribution >= 4 is 17.4 Å². The lowest BCUT2D eigenvalue weighted by atomic mass is 9.95. The maximum atomic E-state index is 12.7. The Hall–Kier alpha value is -3.41. The van der Waals surface area contributed by atoms with Gasteiger partial charge in [0.2, 0.25) is 5.91 Å². The lowest BCUT2D eigenvalue weighted by Crippen LogP contribution is -2.28. The molecular weight excluding hydrogens is 374 g/mol. The zero-order valence-electron chi connectivity index (χ0n) is 16.5. The van der Waals surface area contributed by atoms with Gasteiger partial charge in [0.05, 0.1) is 16.7 Å². The summed E-state index contributed by atoms with van der Waals surface area (Å²) in [5.74, 6) is -0.0727. The van der Waals surface area contributed by atoms with Gasteiger partial charge >= 0.3 is 0 Å². The van der Waals surface area contributed by atoms with Gasteiger partial charge in [-0.25, -0.2) is 0 Å². The number of pyridine rings is 1. The monoisotopic (exact) mass is 397 g/mol. The maximum absolute atomic E-state index is 12.7. The number of nitriles is 1. The molecule has 9 nitrogen and oxygen atoms in total. The fourth-order valence-corrected chi connectivity index (χ4v) is 3.96. The van der Waals surface area contributed by atoms with E-state index < -0.39 is 16.4 Å². The van der Waals surface area contributed by atoms with Gasteiger partial charge in [0.1, 0.15) is 18.4 Å². The van der Waals surface area contributed by atoms with Crippen LogP contribution in [-0.4, -0.2) is 20.0 Å². The van der Waals surface area contributed by atoms with Crippen LogP contribution in [0.15, 0.2) is 23.1 Å². The van der Waals surface area contributed by atoms with Gasteiger partial charge in [0.15, 0.2) is 0 Å². The average molecular weight is 397 g/mol. The van der Waals surface area contributed by atoms with Crippen molar-refractivity contribution in [1.82, 2.24) is 9.13 Å². The van der Waals surface area contributed by atoms with Crippen molar-refractivity contribution in [2.75, 3.05) is 5.32 Å². The van der Waals surface area contributed by atoms with Gasteiger partial charge in [0.25, 0.3) is 11.2 Å². The first kappa shape index (κ1) is 20.3. The van der Waals surface area contributed by atoms with E-state index in [4.69, 9.17) is 0 Å². The Kier molecular flexibility index (Phi) is 5.82. The van der Waals surface area contributed by atoms with Crippen molar-refractivity contribution < 1.29 is 9.72 Å². The molecule has 1 aliphatic rings. The van der Waals surface area contributed by atoms with Gasteiger partial charge in [-0.15, -0.1) is 0 Å². The normalized spacial score (nSPS) is 14.4. The number of hydrogen-bond acceptors (Lipinski definition) is 5. The molecule has 0 spiro atoms. The van der Waals surface area contributed by atoms with E-state index in [1.165, 1.54) is 6.42 Å². The fraction of sp³-hybridized carbons (Fsp3) is 0.450. The minimum atomic E-state index is -0.622. The number of anilines is 1. The summed E-state index contributed by atoms with van der Waals surface area (Å²) in [6, 6.07) is 4.55. The lowest BCUT2D eigenvalue weighted by molar-refractivity contribution is -0.385. The number of rotatable bonds is 5. The SMILES string of the molecule is Cc1c(C#N)c(NC(=O)Cn2cc([N+](=O)[O-])ccc2=O)n(C2CCCCC2)c1C. The number of aromatic nitrogens is 2. The summed E-state index contributed by atoms with van der Waals surface area (Å²) in [4.78, 5) is 35.0. The highest BCUT2D eigenvalue weighted by molar-refractivity contribution is 5.91. The summed E-state index contributed by atoms with van der Waals surface area (Å²) in [5, 5.41) is 23.4. The molecule has 0 radical (unpaired) electrons. The van der Waals surface area contributed by atoms with Gasteiger partial charge in [-0.3, -0.25) is 24.3 Å². The molecule has 1 saturated carbocycles. The highest BCUT2D eigenvalue weighted by Crippen LogP contribution is 2.36. The number of hydrogen-bond donors (Lipinski definition) is 1. The third-order valence-electron chi connectivity index (χ3n) is 5.56. The van der Waals surface area contributed by atoms with E-state index in [9.17, 15) is 25.0 Å². The molecule has 1 N–H and O–H groups in total. The maximum Gasteiger partial charge on any atom is 0.285 e. The van der Waals surface area contributed by atoms with Crippen molar-refractivity contribution in [1.29, 1.82) is 5.26 Å². The van der Waals surface area contributed by atoms with Crippen LogP contribution in [0.2, 0.25) is 0 Å². The molecule has 1 fully saturated rings. The molecule has 0 saturated heterocycles. The van der Waals surface area contributed by atoms with E-state index in [1.54, 1.807) is 0 Å². The van der Waals surface area contributed by atoms with E-state index in [-0.39, 0.29) is 18.3 Å². The Morgan fingerprint density at radius 2 is 2.00 bits per heavy atom. The van der Waals surface area contributed by atoms with E-state index in [0.717, 1.165) is 59.8 Å². The minimum Gasteiger partial charge on any atom is -0.327 e. The van der Waals surface area contributed by atoms with Crippen molar-refractivity contribution in [3.05, 3.63) is 55.6 Å². The second-order valence-corrected chi connectivity index (χ2v) is 7.37. The number of nitro groups is 1. The van der Waals surface area contributed by atoms with E-state index in [0.29, 0.717) is 11.4 Å². The molecule has 0 atom stereocenters. The quantitative estimate of drug-likeness (QED) is 0.613. The largest absolute Gasteiger partial charge is 0.327 e. The highest BCUT2D eigenvalue weighted by Gasteiger charge is 2.26. The Labute approximate surface area is 167 Å². The first-order valence-electron chi connectivity index (χ1n) is 9.59. The van der Waals surface area contributed by atoms with Crippen LogP contribution in [0.4, 0.5) is 11.5 Å². The molecule has 0 unspecified atom stereocenters. The topological polar surface area (TPSA) is 123 Å². The molecule has 2 aromatic rings. The van der Waals surface area contributed by atoms with Crippen LogP contribution in [0.25, 0.3) is 0 Å². The average Bonchev–Trinajstić information content (AvgIpc) is 2.93. The van der Waals surface area contributed by atoms with Gasteiger partial charge < -0.3 is 9.88 Å². The van der Waals surface area contributed by atoms with E-state index in [1.807, 2.05) is 18.4 Å². The number of nitrogens with zero attached hydrogens (tertiary/aromatic N) is 4. The molecule has 0 aliphatic heterocycles. The minimum absolute atomic E-state index is 0.209. The fourth-order valence-electron chi connectivity index (χ4n) is 3.96. The molecule has 0 bridgehead atoms. The lowest BCUT2D eigenvalue weighted by Gasteiger charge is -2.27. The molecule has 9 heteroatoms. The Morgan fingerprint density at radius 1 is 1.31 bits per heavy atom. The summed E-state index contributed by atoms with van der Waals surface area (Å²) in [6.45, 7) is 3.42. The van der Waals surface area contributed by atoms with Crippen LogP contribution in [0.5, 0.6) is 0 Å². The highest BCUT2D eigenvalue weighted by atomic mass is 16.6. The van der Waals surface area contributed by atoms with E-state index >= 15 is 0 Å². The van der Waals surface area contributed by atoms with E-state index in [2.05, 4.69) is 11.4 Å². The van der Waals surface area contributed by atoms with Crippen LogP contribution in [0, 0.1) is 35.3 Å². The molecule has 1 aliphatic carbocycles. The summed E-state index contributed by atoms with van der Waals surface area (Å²) in [6.07, 6.45) is 6.38. The van der Waals surface area contributed by atoms with Crippen LogP contribution in [0.3, 0.4) is 0 Å². The molecule has 0 aromatic carbocycles. The second-order valence-electron chi connectivity index (χ2n) is 7.37. The first-order valence-corrected chi connectivity index (χ1v) is 9.59. The van der Waals surface area contributed by atoms with Gasteiger partial charge in [0, 0.05) is 23.9 Å². The van der Waals surface area contributed by atoms with Crippen LogP contribution in [0.1, 0.15) is 55.0 Å². The Balaban J connectivity index is 1.92. The van der Waals surface area contributed by atoms with Crippen molar-refractivity contribution in [2.24, 2.45) is 0 Å². The first-order chi connectivity index (χ1) is 13.8. The molecule has 152 valence electrons. The zero-order valence-corrected chi connectivity index (χ0v) is 16.5. The van der Waals surface area contributed by atoms with Crippen LogP contribution < -0.4 is 10.9 Å². The summed E-state index contributed by atoms with van der Waals surface area (Å²) in [7, 11) is 0. The number of nitrogens with one attached hydrogen (secondary N) is 1. The number of carbonyl (C=O) groups is 1. The smallest absolute Gasteiger partial charge is 0.285 e. The summed E-state index contributed by atoms with van der Waals surface area (Å²) >= 11 is 0. The zero-order chi connectivity index (χ0) is 21.1. The Morgan fingerprint density at radius 3 is 2.62 bits per heavy atom. The van der Waals surface area contributed by atoms with Crippen molar-refractivity contribution in [2.45, 2.75) is 58.5 Å². The van der Waals surface area contributed by atoms with Crippen LogP contribution >= 0.6 is 0 Å².